The number of thiazole rings is 1. The molecule has 1 fully saturated rings. The second kappa shape index (κ2) is 9.41. The molecule has 2 aliphatic carbocycles. The highest BCUT2D eigenvalue weighted by atomic mass is 32.1. The van der Waals surface area contributed by atoms with Crippen molar-refractivity contribution in [2.24, 2.45) is 16.7 Å². The van der Waals surface area contributed by atoms with Crippen LogP contribution < -0.4 is 5.32 Å². The molecule has 1 amide bonds. The van der Waals surface area contributed by atoms with Crippen LogP contribution in [-0.2, 0) is 11.2 Å². The molecule has 7 nitrogen and oxygen atoms in total. The van der Waals surface area contributed by atoms with Gasteiger partial charge in [0.2, 0.25) is 5.91 Å². The number of likely N-dealkylation sites (N-methyl/N-ethyl adjacent to an activating group) is 1. The zero-order valence-electron chi connectivity index (χ0n) is 20.0. The zero-order valence-corrected chi connectivity index (χ0v) is 20.9. The minimum atomic E-state index is -0.608. The highest BCUT2D eigenvalue weighted by Crippen LogP contribution is 2.62. The lowest BCUT2D eigenvalue weighted by Crippen LogP contribution is -2.57. The number of aliphatic hydroxyl groups is 2. The van der Waals surface area contributed by atoms with Gasteiger partial charge < -0.3 is 20.4 Å². The van der Waals surface area contributed by atoms with E-state index in [1.54, 1.807) is 17.5 Å². The van der Waals surface area contributed by atoms with Gasteiger partial charge >= 0.3 is 0 Å². The third-order valence-corrected chi connectivity index (χ3v) is 9.22. The number of fused-ring (bicyclic) bond motifs is 2. The van der Waals surface area contributed by atoms with Gasteiger partial charge in [-0.1, -0.05) is 13.8 Å². The molecule has 2 heterocycles. The average Bonchev–Trinajstić information content (AvgIpc) is 3.22. The Bertz CT molecular complexity index is 981. The van der Waals surface area contributed by atoms with Gasteiger partial charge in [-0.05, 0) is 56.8 Å². The van der Waals surface area contributed by atoms with Gasteiger partial charge in [0.1, 0.15) is 5.01 Å². The van der Waals surface area contributed by atoms with E-state index in [1.165, 1.54) is 0 Å². The van der Waals surface area contributed by atoms with E-state index in [0.717, 1.165) is 40.5 Å². The zero-order chi connectivity index (χ0) is 23.8. The normalized spacial score (nSPS) is 31.2. The molecule has 5 unspecified atom stereocenters. The molecule has 5 atom stereocenters. The van der Waals surface area contributed by atoms with E-state index < -0.39 is 11.5 Å². The van der Waals surface area contributed by atoms with Crippen molar-refractivity contribution in [3.8, 4) is 10.6 Å². The smallest absolute Gasteiger partial charge is 0.220 e. The van der Waals surface area contributed by atoms with Crippen molar-refractivity contribution in [2.75, 3.05) is 33.8 Å². The molecule has 0 aliphatic heterocycles. The van der Waals surface area contributed by atoms with E-state index in [-0.39, 0.29) is 29.8 Å². The molecule has 180 valence electrons. The molecule has 8 heteroatoms. The number of aliphatic hydroxyl groups excluding tert-OH is 2. The molecule has 4 rings (SSSR count). The van der Waals surface area contributed by atoms with Gasteiger partial charge in [-0.25, -0.2) is 4.98 Å². The van der Waals surface area contributed by atoms with Gasteiger partial charge in [0.05, 0.1) is 18.4 Å². The maximum atomic E-state index is 13.0. The summed E-state index contributed by atoms with van der Waals surface area (Å²) in [4.78, 5) is 25.5. The van der Waals surface area contributed by atoms with Crippen LogP contribution in [0.15, 0.2) is 24.5 Å². The van der Waals surface area contributed by atoms with Gasteiger partial charge in [-0.3, -0.25) is 9.78 Å². The number of carbonyl (C=O) groups is 1. The lowest BCUT2D eigenvalue weighted by molar-refractivity contribution is -0.144. The van der Waals surface area contributed by atoms with Crippen molar-refractivity contribution >= 4 is 17.2 Å². The molecule has 2 aromatic rings. The Labute approximate surface area is 200 Å². The molecule has 2 aromatic heterocycles. The van der Waals surface area contributed by atoms with Crippen LogP contribution in [0.25, 0.3) is 10.6 Å². The van der Waals surface area contributed by atoms with Gasteiger partial charge in [-0.15, -0.1) is 11.3 Å². The van der Waals surface area contributed by atoms with Crippen molar-refractivity contribution in [3.63, 3.8) is 0 Å². The van der Waals surface area contributed by atoms with Gasteiger partial charge in [0, 0.05) is 53.7 Å². The summed E-state index contributed by atoms with van der Waals surface area (Å²) >= 11 is 1.66. The van der Waals surface area contributed by atoms with Crippen LogP contribution in [0.1, 0.15) is 49.6 Å². The average molecular weight is 473 g/mol. The molecule has 0 saturated heterocycles. The van der Waals surface area contributed by atoms with Crippen LogP contribution in [0.3, 0.4) is 0 Å². The summed E-state index contributed by atoms with van der Waals surface area (Å²) < 4.78 is 0. The molecule has 3 N–H and O–H groups in total. The highest BCUT2D eigenvalue weighted by Gasteiger charge is 2.59. The van der Waals surface area contributed by atoms with Crippen molar-refractivity contribution in [3.05, 3.63) is 35.1 Å². The van der Waals surface area contributed by atoms with E-state index in [9.17, 15) is 15.0 Å². The molecular weight excluding hydrogens is 436 g/mol. The van der Waals surface area contributed by atoms with Crippen molar-refractivity contribution in [1.82, 2.24) is 20.2 Å². The number of aromatic nitrogens is 2. The van der Waals surface area contributed by atoms with Crippen molar-refractivity contribution in [2.45, 2.75) is 51.6 Å². The lowest BCUT2D eigenvalue weighted by Gasteiger charge is -2.58. The largest absolute Gasteiger partial charge is 0.396 e. The van der Waals surface area contributed by atoms with E-state index in [2.05, 4.69) is 17.2 Å². The van der Waals surface area contributed by atoms with Crippen LogP contribution >= 0.6 is 11.3 Å². The number of pyridine rings is 1. The first-order chi connectivity index (χ1) is 15.7. The third-order valence-electron chi connectivity index (χ3n) is 8.07. The number of hydrogen-bond acceptors (Lipinski definition) is 7. The fourth-order valence-corrected chi connectivity index (χ4v) is 7.09. The predicted octanol–water partition coefficient (Wildman–Crippen LogP) is 2.69. The molecule has 0 spiro atoms. The number of nitrogens with one attached hydrogen (secondary N) is 1. The Morgan fingerprint density at radius 3 is 2.82 bits per heavy atom. The standard InChI is InChI=1S/C25H36N4O3S/c1-24-8-7-20(31)25(2,15-30)19(24)13-18-22(17(24)12-21(32)27-10-11-29(3)4)28-23(33-18)16-6-5-9-26-14-16/h5-6,9,14,17,19-20,30-31H,7-8,10-13,15H2,1-4H3,(H,27,32). The second-order valence-corrected chi connectivity index (χ2v) is 11.5. The Balaban J connectivity index is 1.72. The topological polar surface area (TPSA) is 98.6 Å². The van der Waals surface area contributed by atoms with E-state index >= 15 is 0 Å². The molecular formula is C25H36N4O3S. The Morgan fingerprint density at radius 1 is 1.36 bits per heavy atom. The molecule has 0 aromatic carbocycles. The number of hydrogen-bond donors (Lipinski definition) is 3. The van der Waals surface area contributed by atoms with Gasteiger partial charge in [0.15, 0.2) is 0 Å². The summed E-state index contributed by atoms with van der Waals surface area (Å²) in [6, 6.07) is 3.92. The summed E-state index contributed by atoms with van der Waals surface area (Å²) in [5.41, 5.74) is 1.15. The third kappa shape index (κ3) is 4.46. The molecule has 2 aliphatic rings. The quantitative estimate of drug-likeness (QED) is 0.573. The van der Waals surface area contributed by atoms with Crippen molar-refractivity contribution in [1.29, 1.82) is 0 Å². The summed E-state index contributed by atoms with van der Waals surface area (Å²) in [5.74, 6) is 0.0288. The number of carbonyl (C=O) groups excluding carboxylic acids is 1. The summed E-state index contributed by atoms with van der Waals surface area (Å²) in [6.07, 6.45) is 5.58. The first-order valence-electron chi connectivity index (χ1n) is 11.8. The number of amides is 1. The molecule has 0 bridgehead atoms. The second-order valence-electron chi connectivity index (χ2n) is 10.5. The van der Waals surface area contributed by atoms with Crippen LogP contribution in [0.4, 0.5) is 0 Å². The predicted molar refractivity (Wildman–Crippen MR) is 130 cm³/mol. The monoisotopic (exact) mass is 472 g/mol. The van der Waals surface area contributed by atoms with E-state index in [0.29, 0.717) is 19.4 Å². The fraction of sp³-hybridized carbons (Fsp3) is 0.640. The minimum Gasteiger partial charge on any atom is -0.396 e. The van der Waals surface area contributed by atoms with Crippen LogP contribution in [0.5, 0.6) is 0 Å². The SMILES string of the molecule is CN(C)CCNC(=O)CC1c2nc(-c3cccnc3)sc2CC2C(C)(CO)C(O)CCC12C. The molecule has 33 heavy (non-hydrogen) atoms. The van der Waals surface area contributed by atoms with Crippen LogP contribution in [0, 0.1) is 16.7 Å². The fourth-order valence-electron chi connectivity index (χ4n) is 5.93. The van der Waals surface area contributed by atoms with E-state index in [4.69, 9.17) is 4.98 Å². The molecule has 1 saturated carbocycles. The highest BCUT2D eigenvalue weighted by molar-refractivity contribution is 7.15. The van der Waals surface area contributed by atoms with Crippen molar-refractivity contribution < 1.29 is 15.0 Å². The van der Waals surface area contributed by atoms with Gasteiger partial charge in [-0.2, -0.15) is 0 Å². The first kappa shape index (κ1) is 24.3. The minimum absolute atomic E-state index is 0.0300. The van der Waals surface area contributed by atoms with Gasteiger partial charge in [0.25, 0.3) is 0 Å². The Hall–Kier alpha value is -1.87. The van der Waals surface area contributed by atoms with Crippen LogP contribution in [-0.4, -0.2) is 70.9 Å². The lowest BCUT2D eigenvalue weighted by atomic mass is 9.47. The van der Waals surface area contributed by atoms with Crippen LogP contribution in [0.2, 0.25) is 0 Å². The summed E-state index contributed by atoms with van der Waals surface area (Å²) in [6.45, 7) is 5.57. The Morgan fingerprint density at radius 2 is 2.15 bits per heavy atom. The maximum absolute atomic E-state index is 13.0. The van der Waals surface area contributed by atoms with E-state index in [1.807, 2.05) is 44.2 Å². The number of rotatable bonds is 7. The molecule has 0 radical (unpaired) electrons. The Kier molecular flexibility index (Phi) is 6.92. The maximum Gasteiger partial charge on any atom is 0.220 e. The summed E-state index contributed by atoms with van der Waals surface area (Å²) in [5, 5.41) is 25.3. The number of nitrogens with zero attached hydrogens (tertiary/aromatic N) is 3. The first-order valence-corrected chi connectivity index (χ1v) is 12.6. The summed E-state index contributed by atoms with van der Waals surface area (Å²) in [7, 11) is 3.98.